The summed E-state index contributed by atoms with van der Waals surface area (Å²) in [5, 5.41) is 4.23. The number of H-pyrrole nitrogens is 1. The lowest BCUT2D eigenvalue weighted by Crippen LogP contribution is -2.44. The second kappa shape index (κ2) is 6.82. The molecule has 0 unspecified atom stereocenters. The summed E-state index contributed by atoms with van der Waals surface area (Å²) in [6.07, 6.45) is 6.32. The van der Waals surface area contributed by atoms with Gasteiger partial charge in [0.25, 0.3) is 0 Å². The fraction of sp³-hybridized carbons (Fsp3) is 0.280. The Labute approximate surface area is 179 Å². The van der Waals surface area contributed by atoms with Gasteiger partial charge in [-0.25, -0.2) is 0 Å². The molecule has 1 spiro atoms. The van der Waals surface area contributed by atoms with E-state index in [0.717, 1.165) is 17.6 Å². The normalized spacial score (nSPS) is 28.5. The van der Waals surface area contributed by atoms with E-state index in [-0.39, 0.29) is 17.9 Å². The van der Waals surface area contributed by atoms with Gasteiger partial charge >= 0.3 is 0 Å². The minimum Gasteiger partial charge on any atom is -0.361 e. The number of carbonyl (C=O) groups is 2. The average molecular weight is 413 g/mol. The molecule has 0 aliphatic carbocycles. The van der Waals surface area contributed by atoms with Crippen molar-refractivity contribution in [2.45, 2.75) is 18.1 Å². The van der Waals surface area contributed by atoms with Crippen molar-refractivity contribution < 1.29 is 14.3 Å². The van der Waals surface area contributed by atoms with E-state index in [1.807, 2.05) is 66.9 Å². The number of carbonyl (C=O) groups excluding carboxylic acids is 2. The van der Waals surface area contributed by atoms with Gasteiger partial charge in [-0.2, -0.15) is 0 Å². The molecule has 2 amide bonds. The van der Waals surface area contributed by atoms with Crippen molar-refractivity contribution in [1.82, 2.24) is 10.3 Å². The molecule has 2 aromatic carbocycles. The third-order valence-electron chi connectivity index (χ3n) is 6.84. The molecule has 3 aliphatic heterocycles. The van der Waals surface area contributed by atoms with Gasteiger partial charge in [0.05, 0.1) is 24.5 Å². The Bertz CT molecular complexity index is 1200. The van der Waals surface area contributed by atoms with Crippen LogP contribution in [0.4, 0.5) is 5.69 Å². The van der Waals surface area contributed by atoms with Crippen molar-refractivity contribution in [3.8, 4) is 0 Å². The molecule has 6 nitrogen and oxygen atoms in total. The molecule has 1 aromatic heterocycles. The largest absolute Gasteiger partial charge is 0.361 e. The van der Waals surface area contributed by atoms with Crippen molar-refractivity contribution in [2.24, 2.45) is 11.8 Å². The second-order valence-electron chi connectivity index (χ2n) is 8.56. The van der Waals surface area contributed by atoms with Gasteiger partial charge in [-0.05, 0) is 30.2 Å². The number of hydrogen-bond donors (Lipinski definition) is 2. The fourth-order valence-electron chi connectivity index (χ4n) is 5.40. The topological polar surface area (TPSA) is 74.4 Å². The Kier molecular flexibility index (Phi) is 4.05. The standard InChI is InChI=1S/C25H23N3O3/c29-23(26-13-11-16-14-27-19-9-5-4-8-18(16)19)21-20-10-12-25(31-20)15-28(24(30)22(21)25)17-6-2-1-3-7-17/h1-10,12,14,20-22,27H,11,13,15H2,(H,26,29)/t20-,21+,22+,25+/m1/s1. The summed E-state index contributed by atoms with van der Waals surface area (Å²) >= 11 is 0. The van der Waals surface area contributed by atoms with Gasteiger partial charge in [0.2, 0.25) is 11.8 Å². The molecule has 3 aliphatic rings. The molecule has 2 N–H and O–H groups in total. The monoisotopic (exact) mass is 413 g/mol. The number of ether oxygens (including phenoxy) is 1. The zero-order valence-corrected chi connectivity index (χ0v) is 17.0. The first-order chi connectivity index (χ1) is 15.2. The first kappa shape index (κ1) is 18.4. The van der Waals surface area contributed by atoms with E-state index in [1.54, 1.807) is 4.90 Å². The van der Waals surface area contributed by atoms with Crippen molar-refractivity contribution in [1.29, 1.82) is 0 Å². The zero-order chi connectivity index (χ0) is 21.0. The molecular weight excluding hydrogens is 390 g/mol. The summed E-state index contributed by atoms with van der Waals surface area (Å²) in [6, 6.07) is 17.7. The van der Waals surface area contributed by atoms with Gasteiger partial charge in [-0.3, -0.25) is 9.59 Å². The highest BCUT2D eigenvalue weighted by atomic mass is 16.5. The highest BCUT2D eigenvalue weighted by Gasteiger charge is 2.66. The molecule has 3 aromatic rings. The van der Waals surface area contributed by atoms with E-state index in [1.165, 1.54) is 10.9 Å². The van der Waals surface area contributed by atoms with Crippen molar-refractivity contribution >= 4 is 28.4 Å². The van der Waals surface area contributed by atoms with E-state index in [0.29, 0.717) is 13.1 Å². The number of nitrogens with zero attached hydrogens (tertiary/aromatic N) is 1. The Balaban J connectivity index is 1.18. The van der Waals surface area contributed by atoms with Crippen LogP contribution >= 0.6 is 0 Å². The number of amides is 2. The quantitative estimate of drug-likeness (QED) is 0.632. The van der Waals surface area contributed by atoms with Crippen LogP contribution in [0.15, 0.2) is 72.9 Å². The van der Waals surface area contributed by atoms with Crippen molar-refractivity contribution in [3.05, 3.63) is 78.5 Å². The lowest BCUT2D eigenvalue weighted by Gasteiger charge is -2.23. The molecule has 4 heterocycles. The molecule has 6 heteroatoms. The second-order valence-corrected chi connectivity index (χ2v) is 8.56. The van der Waals surface area contributed by atoms with Gasteiger partial charge in [-0.15, -0.1) is 0 Å². The summed E-state index contributed by atoms with van der Waals surface area (Å²) in [4.78, 5) is 31.5. The minimum atomic E-state index is -0.698. The van der Waals surface area contributed by atoms with Crippen molar-refractivity contribution in [3.63, 3.8) is 0 Å². The van der Waals surface area contributed by atoms with Crippen LogP contribution in [0.25, 0.3) is 10.9 Å². The zero-order valence-electron chi connectivity index (χ0n) is 17.0. The van der Waals surface area contributed by atoms with Gasteiger partial charge < -0.3 is 19.9 Å². The fourth-order valence-corrected chi connectivity index (χ4v) is 5.40. The van der Waals surface area contributed by atoms with Gasteiger partial charge in [0.15, 0.2) is 0 Å². The number of rotatable bonds is 5. The molecule has 0 saturated carbocycles. The summed E-state index contributed by atoms with van der Waals surface area (Å²) in [5.74, 6) is -1.11. The number of fused-ring (bicyclic) bond motifs is 2. The number of aromatic amines is 1. The van der Waals surface area contributed by atoms with Crippen LogP contribution < -0.4 is 10.2 Å². The minimum absolute atomic E-state index is 0.0326. The van der Waals surface area contributed by atoms with Crippen molar-refractivity contribution in [2.75, 3.05) is 18.0 Å². The number of anilines is 1. The average Bonchev–Trinajstić information content (AvgIpc) is 3.54. The van der Waals surface area contributed by atoms with E-state index in [2.05, 4.69) is 16.4 Å². The number of benzene rings is 2. The summed E-state index contributed by atoms with van der Waals surface area (Å²) in [6.45, 7) is 0.969. The van der Waals surface area contributed by atoms with Crippen LogP contribution in [0.3, 0.4) is 0 Å². The molecule has 6 rings (SSSR count). The molecule has 0 radical (unpaired) electrons. The molecule has 2 fully saturated rings. The third kappa shape index (κ3) is 2.75. The molecule has 31 heavy (non-hydrogen) atoms. The number of nitrogens with one attached hydrogen (secondary N) is 2. The first-order valence-electron chi connectivity index (χ1n) is 10.7. The Morgan fingerprint density at radius 3 is 2.84 bits per heavy atom. The van der Waals surface area contributed by atoms with Crippen LogP contribution in [0, 0.1) is 11.8 Å². The number of aromatic nitrogens is 1. The van der Waals surface area contributed by atoms with Crippen LogP contribution in [0.2, 0.25) is 0 Å². The van der Waals surface area contributed by atoms with Gasteiger partial charge in [0.1, 0.15) is 5.60 Å². The van der Waals surface area contributed by atoms with Gasteiger partial charge in [-0.1, -0.05) is 48.6 Å². The van der Waals surface area contributed by atoms with Crippen LogP contribution in [-0.4, -0.2) is 41.6 Å². The predicted octanol–water partition coefficient (Wildman–Crippen LogP) is 2.81. The highest BCUT2D eigenvalue weighted by molar-refractivity contribution is 6.03. The van der Waals surface area contributed by atoms with Gasteiger partial charge in [0, 0.05) is 29.3 Å². The predicted molar refractivity (Wildman–Crippen MR) is 118 cm³/mol. The lowest BCUT2D eigenvalue weighted by molar-refractivity contribution is -0.131. The lowest BCUT2D eigenvalue weighted by atomic mass is 9.77. The van der Waals surface area contributed by atoms with E-state index >= 15 is 0 Å². The number of hydrogen-bond acceptors (Lipinski definition) is 3. The molecule has 2 bridgehead atoms. The van der Waals surface area contributed by atoms with E-state index < -0.39 is 17.4 Å². The number of para-hydroxylation sites is 2. The SMILES string of the molecule is O=C(NCCc1c[nH]c2ccccc12)[C@@H]1[C@H]2C(=O)N(c3ccccc3)C[C@@]23C=C[C@H]1O3. The summed E-state index contributed by atoms with van der Waals surface area (Å²) in [5.41, 5.74) is 2.41. The summed E-state index contributed by atoms with van der Waals surface area (Å²) in [7, 11) is 0. The van der Waals surface area contributed by atoms with Crippen LogP contribution in [0.5, 0.6) is 0 Å². The molecular formula is C25H23N3O3. The van der Waals surface area contributed by atoms with E-state index in [4.69, 9.17) is 4.74 Å². The van der Waals surface area contributed by atoms with Crippen LogP contribution in [0.1, 0.15) is 5.56 Å². The van der Waals surface area contributed by atoms with Crippen LogP contribution in [-0.2, 0) is 20.7 Å². The third-order valence-corrected chi connectivity index (χ3v) is 6.84. The molecule has 156 valence electrons. The first-order valence-corrected chi connectivity index (χ1v) is 10.7. The highest BCUT2D eigenvalue weighted by Crippen LogP contribution is 2.52. The Morgan fingerprint density at radius 2 is 1.97 bits per heavy atom. The maximum Gasteiger partial charge on any atom is 0.234 e. The molecule has 2 saturated heterocycles. The maximum absolute atomic E-state index is 13.3. The van der Waals surface area contributed by atoms with E-state index in [9.17, 15) is 9.59 Å². The maximum atomic E-state index is 13.3. The summed E-state index contributed by atoms with van der Waals surface area (Å²) < 4.78 is 6.21. The smallest absolute Gasteiger partial charge is 0.234 e. The Morgan fingerprint density at radius 1 is 1.16 bits per heavy atom. The Hall–Kier alpha value is -3.38. The molecule has 4 atom stereocenters.